The van der Waals surface area contributed by atoms with Crippen LogP contribution in [0.2, 0.25) is 0 Å². The van der Waals surface area contributed by atoms with Crippen LogP contribution in [0.15, 0.2) is 53.4 Å². The van der Waals surface area contributed by atoms with E-state index >= 15 is 0 Å². The first kappa shape index (κ1) is 21.2. The van der Waals surface area contributed by atoms with Crippen LogP contribution in [-0.4, -0.2) is 56.3 Å². The summed E-state index contributed by atoms with van der Waals surface area (Å²) in [6.45, 7) is -0.284. The molecule has 0 bridgehead atoms. The van der Waals surface area contributed by atoms with E-state index in [1.54, 1.807) is 30.3 Å². The van der Waals surface area contributed by atoms with Crippen LogP contribution in [0.25, 0.3) is 0 Å². The minimum atomic E-state index is -3.67. The molecule has 3 rings (SSSR count). The molecule has 0 saturated carbocycles. The van der Waals surface area contributed by atoms with Crippen LogP contribution in [0.3, 0.4) is 0 Å². The number of halogens is 2. The largest absolute Gasteiger partial charge is 0.434 e. The van der Waals surface area contributed by atoms with E-state index in [-0.39, 0.29) is 35.8 Å². The Morgan fingerprint density at radius 3 is 2.38 bits per heavy atom. The first-order chi connectivity index (χ1) is 13.8. The number of hydrogen-bond donors (Lipinski definition) is 0. The first-order valence-electron chi connectivity index (χ1n) is 9.19. The lowest BCUT2D eigenvalue weighted by Crippen LogP contribution is -2.37. The standard InChI is InChI=1S/C20H22F2N2O4S/c1-15-7-9-16(10-8-15)29(26,27)24-12-4-11-23(13-14-24)19(25)17-5-2-3-6-18(17)28-20(21)22/h2-3,5-10,20H,4,11-14H2,1H3. The predicted molar refractivity (Wildman–Crippen MR) is 104 cm³/mol. The molecule has 2 aromatic carbocycles. The SMILES string of the molecule is Cc1ccc(S(=O)(=O)N2CCCN(C(=O)c3ccccc3OC(F)F)CC2)cc1. The summed E-state index contributed by atoms with van der Waals surface area (Å²) >= 11 is 0. The van der Waals surface area contributed by atoms with E-state index in [4.69, 9.17) is 0 Å². The number of benzene rings is 2. The van der Waals surface area contributed by atoms with Crippen LogP contribution < -0.4 is 4.74 Å². The van der Waals surface area contributed by atoms with Gasteiger partial charge < -0.3 is 9.64 Å². The van der Waals surface area contributed by atoms with Gasteiger partial charge in [0.05, 0.1) is 10.5 Å². The van der Waals surface area contributed by atoms with Gasteiger partial charge in [-0.1, -0.05) is 29.8 Å². The molecule has 1 fully saturated rings. The maximum atomic E-state index is 12.9. The third-order valence-corrected chi connectivity index (χ3v) is 6.65. The predicted octanol–water partition coefficient (Wildman–Crippen LogP) is 3.13. The van der Waals surface area contributed by atoms with Gasteiger partial charge in [-0.2, -0.15) is 13.1 Å². The number of ether oxygens (including phenoxy) is 1. The van der Waals surface area contributed by atoms with Gasteiger partial charge in [-0.15, -0.1) is 0 Å². The van der Waals surface area contributed by atoms with Crippen molar-refractivity contribution in [2.24, 2.45) is 0 Å². The summed E-state index contributed by atoms with van der Waals surface area (Å²) in [4.78, 5) is 14.5. The number of hydrogen-bond acceptors (Lipinski definition) is 4. The highest BCUT2D eigenvalue weighted by atomic mass is 32.2. The van der Waals surface area contributed by atoms with Crippen LogP contribution in [0.5, 0.6) is 5.75 Å². The molecule has 0 spiro atoms. The van der Waals surface area contributed by atoms with E-state index in [0.717, 1.165) is 5.56 Å². The van der Waals surface area contributed by atoms with Crippen LogP contribution in [0, 0.1) is 6.92 Å². The minimum absolute atomic E-state index is 0.0302. The van der Waals surface area contributed by atoms with Gasteiger partial charge in [0.25, 0.3) is 5.91 Å². The second-order valence-electron chi connectivity index (χ2n) is 6.74. The normalized spacial score (nSPS) is 15.9. The Labute approximate surface area is 168 Å². The third-order valence-electron chi connectivity index (χ3n) is 4.73. The van der Waals surface area contributed by atoms with E-state index < -0.39 is 22.5 Å². The van der Waals surface area contributed by atoms with E-state index in [0.29, 0.717) is 13.0 Å². The van der Waals surface area contributed by atoms with Crippen LogP contribution in [0.1, 0.15) is 22.3 Å². The van der Waals surface area contributed by atoms with E-state index in [9.17, 15) is 22.0 Å². The van der Waals surface area contributed by atoms with Crippen molar-refractivity contribution in [2.75, 3.05) is 26.2 Å². The molecule has 1 saturated heterocycles. The van der Waals surface area contributed by atoms with Crippen molar-refractivity contribution in [3.8, 4) is 5.75 Å². The first-order valence-corrected chi connectivity index (χ1v) is 10.6. The Hall–Kier alpha value is -2.52. The number of nitrogens with zero attached hydrogens (tertiary/aromatic N) is 2. The highest BCUT2D eigenvalue weighted by Gasteiger charge is 2.29. The molecule has 156 valence electrons. The molecule has 6 nitrogen and oxygen atoms in total. The Bertz CT molecular complexity index is 965. The van der Waals surface area contributed by atoms with Crippen molar-refractivity contribution in [1.82, 2.24) is 9.21 Å². The van der Waals surface area contributed by atoms with Crippen molar-refractivity contribution in [3.05, 3.63) is 59.7 Å². The van der Waals surface area contributed by atoms with Gasteiger partial charge in [0.1, 0.15) is 5.75 Å². The zero-order valence-electron chi connectivity index (χ0n) is 15.9. The number of carbonyl (C=O) groups is 1. The summed E-state index contributed by atoms with van der Waals surface area (Å²) in [5.74, 6) is -0.656. The fourth-order valence-corrected chi connectivity index (χ4v) is 4.68. The highest BCUT2D eigenvalue weighted by Crippen LogP contribution is 2.24. The second kappa shape index (κ2) is 8.87. The molecular formula is C20H22F2N2O4S. The van der Waals surface area contributed by atoms with Crippen molar-refractivity contribution in [3.63, 3.8) is 0 Å². The molecule has 29 heavy (non-hydrogen) atoms. The quantitative estimate of drug-likeness (QED) is 0.740. The topological polar surface area (TPSA) is 66.9 Å². The van der Waals surface area contributed by atoms with Gasteiger partial charge in [-0.3, -0.25) is 4.79 Å². The maximum absolute atomic E-state index is 12.9. The van der Waals surface area contributed by atoms with E-state index in [2.05, 4.69) is 4.74 Å². The van der Waals surface area contributed by atoms with Gasteiger partial charge in [0, 0.05) is 26.2 Å². The Balaban J connectivity index is 1.75. The number of rotatable bonds is 5. The molecule has 0 unspecified atom stereocenters. The molecule has 1 aliphatic heterocycles. The number of carbonyl (C=O) groups excluding carboxylic acids is 1. The average Bonchev–Trinajstić information content (AvgIpc) is 2.94. The Morgan fingerprint density at radius 2 is 1.69 bits per heavy atom. The fraction of sp³-hybridized carbons (Fsp3) is 0.350. The summed E-state index contributed by atoms with van der Waals surface area (Å²) in [7, 11) is -3.67. The fourth-order valence-electron chi connectivity index (χ4n) is 3.21. The molecule has 1 amide bonds. The molecule has 0 atom stereocenters. The van der Waals surface area contributed by atoms with E-state index in [1.165, 1.54) is 27.4 Å². The van der Waals surface area contributed by atoms with Crippen LogP contribution >= 0.6 is 0 Å². The Morgan fingerprint density at radius 1 is 1.00 bits per heavy atom. The second-order valence-corrected chi connectivity index (χ2v) is 8.68. The summed E-state index contributed by atoms with van der Waals surface area (Å²) in [5, 5.41) is 0. The molecule has 2 aromatic rings. The zero-order chi connectivity index (χ0) is 21.0. The molecule has 1 aliphatic rings. The number of alkyl halides is 2. The number of para-hydroxylation sites is 1. The van der Waals surface area contributed by atoms with Gasteiger partial charge >= 0.3 is 6.61 Å². The van der Waals surface area contributed by atoms with Gasteiger partial charge in [0.15, 0.2) is 0 Å². The minimum Gasteiger partial charge on any atom is -0.434 e. The molecule has 0 aliphatic carbocycles. The number of aryl methyl sites for hydroxylation is 1. The maximum Gasteiger partial charge on any atom is 0.387 e. The zero-order valence-corrected chi connectivity index (χ0v) is 16.7. The lowest BCUT2D eigenvalue weighted by Gasteiger charge is -2.23. The average molecular weight is 424 g/mol. The lowest BCUT2D eigenvalue weighted by molar-refractivity contribution is -0.0502. The molecule has 0 aromatic heterocycles. The smallest absolute Gasteiger partial charge is 0.387 e. The lowest BCUT2D eigenvalue weighted by atomic mass is 10.1. The number of amides is 1. The number of sulfonamides is 1. The third kappa shape index (κ3) is 4.91. The van der Waals surface area contributed by atoms with E-state index in [1.807, 2.05) is 6.92 Å². The van der Waals surface area contributed by atoms with Gasteiger partial charge in [-0.25, -0.2) is 8.42 Å². The van der Waals surface area contributed by atoms with Crippen molar-refractivity contribution in [1.29, 1.82) is 0 Å². The monoisotopic (exact) mass is 424 g/mol. The van der Waals surface area contributed by atoms with Crippen molar-refractivity contribution < 1.29 is 26.7 Å². The summed E-state index contributed by atoms with van der Waals surface area (Å²) < 4.78 is 56.8. The van der Waals surface area contributed by atoms with Gasteiger partial charge in [0.2, 0.25) is 10.0 Å². The molecule has 9 heteroatoms. The summed E-state index contributed by atoms with van der Waals surface area (Å²) in [6, 6.07) is 12.4. The molecular weight excluding hydrogens is 402 g/mol. The Kier molecular flexibility index (Phi) is 6.49. The molecule has 1 heterocycles. The van der Waals surface area contributed by atoms with Crippen LogP contribution in [-0.2, 0) is 10.0 Å². The highest BCUT2D eigenvalue weighted by molar-refractivity contribution is 7.89. The molecule has 0 radical (unpaired) electrons. The van der Waals surface area contributed by atoms with Crippen molar-refractivity contribution >= 4 is 15.9 Å². The molecule has 0 N–H and O–H groups in total. The van der Waals surface area contributed by atoms with Gasteiger partial charge in [-0.05, 0) is 37.6 Å². The van der Waals surface area contributed by atoms with Crippen LogP contribution in [0.4, 0.5) is 8.78 Å². The van der Waals surface area contributed by atoms with Crippen molar-refractivity contribution in [2.45, 2.75) is 24.9 Å². The summed E-state index contributed by atoms with van der Waals surface area (Å²) in [6.07, 6.45) is 0.439. The summed E-state index contributed by atoms with van der Waals surface area (Å²) in [5.41, 5.74) is 0.990.